The first-order chi connectivity index (χ1) is 22.6. The van der Waals surface area contributed by atoms with Crippen LogP contribution in [-0.4, -0.2) is 46.1 Å². The van der Waals surface area contributed by atoms with Gasteiger partial charge in [-0.25, -0.2) is 0 Å². The summed E-state index contributed by atoms with van der Waals surface area (Å²) in [4.78, 5) is 12.4. The number of aliphatic hydroxyl groups is 3. The van der Waals surface area contributed by atoms with Crippen LogP contribution >= 0.6 is 0 Å². The first-order valence-corrected chi connectivity index (χ1v) is 20.8. The van der Waals surface area contributed by atoms with Gasteiger partial charge < -0.3 is 20.6 Å². The Bertz CT molecular complexity index is 601. The molecule has 46 heavy (non-hydrogen) atoms. The molecule has 0 aromatic carbocycles. The predicted molar refractivity (Wildman–Crippen MR) is 199 cm³/mol. The molecule has 0 aromatic heterocycles. The molecule has 0 aliphatic rings. The van der Waals surface area contributed by atoms with Crippen LogP contribution in [-0.2, 0) is 4.79 Å². The summed E-state index contributed by atoms with van der Waals surface area (Å²) in [6, 6.07) is -0.801. The lowest BCUT2D eigenvalue weighted by molar-refractivity contribution is -0.124. The number of rotatable bonds is 38. The summed E-state index contributed by atoms with van der Waals surface area (Å²) in [5.74, 6) is -0.141. The van der Waals surface area contributed by atoms with Crippen molar-refractivity contribution in [2.24, 2.45) is 0 Å². The van der Waals surface area contributed by atoms with E-state index < -0.39 is 18.2 Å². The minimum absolute atomic E-state index is 0.141. The largest absolute Gasteiger partial charge is 0.394 e. The maximum Gasteiger partial charge on any atom is 0.220 e. The van der Waals surface area contributed by atoms with Crippen molar-refractivity contribution >= 4 is 5.91 Å². The van der Waals surface area contributed by atoms with E-state index in [-0.39, 0.29) is 12.5 Å². The van der Waals surface area contributed by atoms with Crippen LogP contribution in [0, 0.1) is 0 Å². The summed E-state index contributed by atoms with van der Waals surface area (Å²) in [7, 11) is 0. The third-order valence-corrected chi connectivity index (χ3v) is 9.96. The molecule has 0 rings (SSSR count). The van der Waals surface area contributed by atoms with Gasteiger partial charge in [0.05, 0.1) is 18.8 Å². The second-order valence-electron chi connectivity index (χ2n) is 14.6. The zero-order valence-corrected chi connectivity index (χ0v) is 31.2. The van der Waals surface area contributed by atoms with E-state index in [4.69, 9.17) is 0 Å². The van der Waals surface area contributed by atoms with Crippen LogP contribution in [0.3, 0.4) is 0 Å². The van der Waals surface area contributed by atoms with Crippen molar-refractivity contribution in [1.29, 1.82) is 0 Å². The fourth-order valence-electron chi connectivity index (χ4n) is 6.69. The van der Waals surface area contributed by atoms with Gasteiger partial charge in [0.15, 0.2) is 0 Å². The van der Waals surface area contributed by atoms with Crippen LogP contribution in [0.25, 0.3) is 0 Å². The van der Waals surface area contributed by atoms with Gasteiger partial charge in [-0.1, -0.05) is 213 Å². The van der Waals surface area contributed by atoms with Crippen molar-refractivity contribution in [1.82, 2.24) is 5.32 Å². The van der Waals surface area contributed by atoms with E-state index in [1.807, 2.05) is 0 Å². The van der Waals surface area contributed by atoms with Gasteiger partial charge in [-0.3, -0.25) is 4.79 Å². The number of carbonyl (C=O) groups is 1. The van der Waals surface area contributed by atoms with Crippen LogP contribution < -0.4 is 5.32 Å². The highest BCUT2D eigenvalue weighted by Gasteiger charge is 2.26. The Balaban J connectivity index is 3.54. The lowest BCUT2D eigenvalue weighted by Gasteiger charge is -2.26. The molecule has 0 radical (unpaired) electrons. The summed E-state index contributed by atoms with van der Waals surface area (Å²) >= 11 is 0. The van der Waals surface area contributed by atoms with Crippen molar-refractivity contribution in [3.05, 3.63) is 0 Å². The van der Waals surface area contributed by atoms with Crippen LogP contribution in [0.4, 0.5) is 0 Å². The fraction of sp³-hybridized carbons (Fsp3) is 0.976. The minimum atomic E-state index is -1.13. The van der Waals surface area contributed by atoms with E-state index in [1.165, 1.54) is 167 Å². The Hall–Kier alpha value is -0.650. The molecule has 0 bridgehead atoms. The lowest BCUT2D eigenvalue weighted by Crippen LogP contribution is -2.50. The molecule has 0 heterocycles. The number of aliphatic hydroxyl groups excluding tert-OH is 3. The van der Waals surface area contributed by atoms with Gasteiger partial charge in [0.1, 0.15) is 6.10 Å². The highest BCUT2D eigenvalue weighted by molar-refractivity contribution is 5.76. The quantitative estimate of drug-likeness (QED) is 0.0499. The number of hydrogen-bond donors (Lipinski definition) is 4. The zero-order chi connectivity index (χ0) is 33.8. The normalized spacial score (nSPS) is 13.6. The third-order valence-electron chi connectivity index (χ3n) is 9.96. The highest BCUT2D eigenvalue weighted by atomic mass is 16.3. The molecule has 0 aliphatic carbocycles. The molecule has 0 aromatic rings. The van der Waals surface area contributed by atoms with Crippen molar-refractivity contribution in [2.45, 2.75) is 250 Å². The number of amides is 1. The molecule has 0 spiro atoms. The fourth-order valence-corrected chi connectivity index (χ4v) is 6.69. The lowest BCUT2D eigenvalue weighted by atomic mass is 9.99. The van der Waals surface area contributed by atoms with Crippen molar-refractivity contribution < 1.29 is 20.1 Å². The van der Waals surface area contributed by atoms with E-state index in [1.54, 1.807) is 0 Å². The Morgan fingerprint density at radius 1 is 0.457 bits per heavy atom. The molecule has 4 N–H and O–H groups in total. The van der Waals surface area contributed by atoms with Gasteiger partial charge in [0.2, 0.25) is 5.91 Å². The molecule has 5 heteroatoms. The summed E-state index contributed by atoms with van der Waals surface area (Å²) in [6.45, 7) is 4.17. The van der Waals surface area contributed by atoms with Crippen LogP contribution in [0.5, 0.6) is 0 Å². The summed E-state index contributed by atoms with van der Waals surface area (Å²) in [5, 5.41) is 33.4. The van der Waals surface area contributed by atoms with E-state index in [2.05, 4.69) is 19.2 Å². The molecule has 0 saturated heterocycles. The Labute approximate surface area is 287 Å². The zero-order valence-electron chi connectivity index (χ0n) is 31.2. The Kier molecular flexibility index (Phi) is 36.6. The van der Waals surface area contributed by atoms with E-state index >= 15 is 0 Å². The highest BCUT2D eigenvalue weighted by Crippen LogP contribution is 2.17. The molecular weight excluding hydrogens is 570 g/mol. The Morgan fingerprint density at radius 3 is 1.04 bits per heavy atom. The molecule has 0 fully saturated rings. The van der Waals surface area contributed by atoms with Crippen molar-refractivity contribution in [2.75, 3.05) is 6.61 Å². The Morgan fingerprint density at radius 2 is 0.739 bits per heavy atom. The maximum absolute atomic E-state index is 12.4. The van der Waals surface area contributed by atoms with Crippen molar-refractivity contribution in [3.63, 3.8) is 0 Å². The summed E-state index contributed by atoms with van der Waals surface area (Å²) in [5.41, 5.74) is 0. The summed E-state index contributed by atoms with van der Waals surface area (Å²) < 4.78 is 0. The molecule has 0 aliphatic heterocycles. The topological polar surface area (TPSA) is 89.8 Å². The molecule has 276 valence electrons. The molecule has 5 nitrogen and oxygen atoms in total. The first kappa shape index (κ1) is 45.3. The van der Waals surface area contributed by atoms with E-state index in [0.717, 1.165) is 38.5 Å². The second kappa shape index (κ2) is 37.2. The van der Waals surface area contributed by atoms with Crippen molar-refractivity contribution in [3.8, 4) is 0 Å². The number of unbranched alkanes of at least 4 members (excludes halogenated alkanes) is 30. The van der Waals surface area contributed by atoms with Gasteiger partial charge in [0.25, 0.3) is 0 Å². The molecular formula is C41H83NO4. The molecule has 0 saturated carbocycles. The monoisotopic (exact) mass is 654 g/mol. The first-order valence-electron chi connectivity index (χ1n) is 20.8. The van der Waals surface area contributed by atoms with Gasteiger partial charge in [-0.2, -0.15) is 0 Å². The van der Waals surface area contributed by atoms with Crippen LogP contribution in [0.2, 0.25) is 0 Å². The average Bonchev–Trinajstić information content (AvgIpc) is 3.06. The SMILES string of the molecule is CCCCCCCCCCCCCCCCCCCCCCCCC(=O)NC(CO)C(O)C(O)CCCCCCCCCCCC. The minimum Gasteiger partial charge on any atom is -0.394 e. The van der Waals surface area contributed by atoms with E-state index in [9.17, 15) is 20.1 Å². The van der Waals surface area contributed by atoms with Crippen LogP contribution in [0.1, 0.15) is 232 Å². The van der Waals surface area contributed by atoms with Gasteiger partial charge >= 0.3 is 0 Å². The number of hydrogen-bond acceptors (Lipinski definition) is 4. The van der Waals surface area contributed by atoms with Gasteiger partial charge in [-0.05, 0) is 12.8 Å². The number of carbonyl (C=O) groups excluding carboxylic acids is 1. The standard InChI is InChI=1S/C41H83NO4/c1-3-5-7-9-11-13-15-16-17-18-19-20-21-22-23-24-25-26-28-30-32-34-36-40(45)42-38(37-43)41(46)39(44)35-33-31-29-27-14-12-10-8-6-4-2/h38-39,41,43-44,46H,3-37H2,1-2H3,(H,42,45). The second-order valence-corrected chi connectivity index (χ2v) is 14.6. The van der Waals surface area contributed by atoms with E-state index in [0.29, 0.717) is 12.8 Å². The summed E-state index contributed by atoms with van der Waals surface area (Å²) in [6.07, 6.45) is 40.7. The molecule has 1 amide bonds. The average molecular weight is 654 g/mol. The molecule has 3 unspecified atom stereocenters. The molecule has 3 atom stereocenters. The van der Waals surface area contributed by atoms with Crippen LogP contribution in [0.15, 0.2) is 0 Å². The van der Waals surface area contributed by atoms with Gasteiger partial charge in [-0.15, -0.1) is 0 Å². The van der Waals surface area contributed by atoms with Gasteiger partial charge in [0, 0.05) is 6.42 Å². The third kappa shape index (κ3) is 31.9. The maximum atomic E-state index is 12.4. The smallest absolute Gasteiger partial charge is 0.220 e. The number of nitrogens with one attached hydrogen (secondary N) is 1. The predicted octanol–water partition coefficient (Wildman–Crippen LogP) is 11.5.